The summed E-state index contributed by atoms with van der Waals surface area (Å²) < 4.78 is 0. The Balaban J connectivity index is 2.45. The van der Waals surface area contributed by atoms with E-state index in [0.717, 1.165) is 11.3 Å². The third-order valence-corrected chi connectivity index (χ3v) is 3.18. The SMILES string of the molecule is Cc1c(N)cccc1NC(=O)CCN(C)CC(C)C#N. The fourth-order valence-electron chi connectivity index (χ4n) is 1.89. The summed E-state index contributed by atoms with van der Waals surface area (Å²) in [6, 6.07) is 7.64. The highest BCUT2D eigenvalue weighted by Gasteiger charge is 2.09. The van der Waals surface area contributed by atoms with Crippen molar-refractivity contribution in [1.29, 1.82) is 5.26 Å². The van der Waals surface area contributed by atoms with Gasteiger partial charge in [0.25, 0.3) is 0 Å². The van der Waals surface area contributed by atoms with Crippen LogP contribution in [-0.4, -0.2) is 30.9 Å². The average Bonchev–Trinajstić information content (AvgIpc) is 2.41. The number of nitrogens with zero attached hydrogens (tertiary/aromatic N) is 2. The van der Waals surface area contributed by atoms with E-state index in [1.165, 1.54) is 0 Å². The number of anilines is 2. The van der Waals surface area contributed by atoms with E-state index in [9.17, 15) is 4.79 Å². The Morgan fingerprint density at radius 3 is 2.90 bits per heavy atom. The van der Waals surface area contributed by atoms with Gasteiger partial charge in [-0.2, -0.15) is 5.26 Å². The summed E-state index contributed by atoms with van der Waals surface area (Å²) >= 11 is 0. The van der Waals surface area contributed by atoms with E-state index in [4.69, 9.17) is 11.0 Å². The minimum Gasteiger partial charge on any atom is -0.398 e. The standard InChI is InChI=1S/C15H22N4O/c1-11(9-16)10-19(3)8-7-15(20)18-14-6-4-5-13(17)12(14)2/h4-6,11H,7-8,10,17H2,1-3H3,(H,18,20). The molecule has 1 aromatic carbocycles. The lowest BCUT2D eigenvalue weighted by Crippen LogP contribution is -2.28. The molecule has 0 fully saturated rings. The molecule has 0 aliphatic heterocycles. The number of hydrogen-bond acceptors (Lipinski definition) is 4. The molecule has 0 aliphatic rings. The summed E-state index contributed by atoms with van der Waals surface area (Å²) in [6.07, 6.45) is 0.392. The van der Waals surface area contributed by atoms with E-state index < -0.39 is 0 Å². The van der Waals surface area contributed by atoms with Gasteiger partial charge in [0.1, 0.15) is 0 Å². The van der Waals surface area contributed by atoms with Gasteiger partial charge in [0.05, 0.1) is 12.0 Å². The molecule has 0 aromatic heterocycles. The first-order valence-corrected chi connectivity index (χ1v) is 6.67. The molecule has 1 unspecified atom stereocenters. The molecular weight excluding hydrogens is 252 g/mol. The van der Waals surface area contributed by atoms with E-state index in [0.29, 0.717) is 25.2 Å². The number of rotatable bonds is 6. The summed E-state index contributed by atoms with van der Waals surface area (Å²) in [5, 5.41) is 11.6. The van der Waals surface area contributed by atoms with Crippen molar-refractivity contribution in [2.24, 2.45) is 5.92 Å². The maximum atomic E-state index is 11.9. The summed E-state index contributed by atoms with van der Waals surface area (Å²) in [6.45, 7) is 5.04. The number of nitriles is 1. The number of nitrogens with two attached hydrogens (primary N) is 1. The van der Waals surface area contributed by atoms with E-state index >= 15 is 0 Å². The molecule has 1 atom stereocenters. The number of hydrogen-bond donors (Lipinski definition) is 2. The molecule has 0 spiro atoms. The molecule has 0 saturated heterocycles. The van der Waals surface area contributed by atoms with Crippen molar-refractivity contribution in [2.75, 3.05) is 31.2 Å². The van der Waals surface area contributed by atoms with Gasteiger partial charge in [-0.15, -0.1) is 0 Å². The zero-order valence-electron chi connectivity index (χ0n) is 12.3. The molecule has 0 saturated carbocycles. The first-order chi connectivity index (χ1) is 9.43. The molecule has 0 heterocycles. The number of amides is 1. The highest BCUT2D eigenvalue weighted by atomic mass is 16.1. The van der Waals surface area contributed by atoms with Gasteiger partial charge in [-0.1, -0.05) is 6.07 Å². The lowest BCUT2D eigenvalue weighted by molar-refractivity contribution is -0.116. The maximum absolute atomic E-state index is 11.9. The first-order valence-electron chi connectivity index (χ1n) is 6.67. The van der Waals surface area contributed by atoms with Gasteiger partial charge in [0, 0.05) is 30.9 Å². The number of benzene rings is 1. The molecule has 3 N–H and O–H groups in total. The van der Waals surface area contributed by atoms with E-state index in [2.05, 4.69) is 11.4 Å². The van der Waals surface area contributed by atoms with Gasteiger partial charge in [-0.05, 0) is 38.6 Å². The van der Waals surface area contributed by atoms with Crippen LogP contribution in [0.5, 0.6) is 0 Å². The van der Waals surface area contributed by atoms with Crippen LogP contribution in [0.25, 0.3) is 0 Å². The summed E-state index contributed by atoms with van der Waals surface area (Å²) in [5.41, 5.74) is 8.10. The lowest BCUT2D eigenvalue weighted by Gasteiger charge is -2.17. The highest BCUT2D eigenvalue weighted by molar-refractivity contribution is 5.92. The Morgan fingerprint density at radius 2 is 2.25 bits per heavy atom. The second-order valence-corrected chi connectivity index (χ2v) is 5.11. The van der Waals surface area contributed by atoms with Crippen LogP contribution < -0.4 is 11.1 Å². The summed E-state index contributed by atoms with van der Waals surface area (Å²) in [4.78, 5) is 13.9. The number of carbonyl (C=O) groups excluding carboxylic acids is 1. The monoisotopic (exact) mass is 274 g/mol. The van der Waals surface area contributed by atoms with Gasteiger partial charge in [0.2, 0.25) is 5.91 Å². The lowest BCUT2D eigenvalue weighted by atomic mass is 10.1. The van der Waals surface area contributed by atoms with Crippen molar-refractivity contribution in [3.63, 3.8) is 0 Å². The molecule has 0 bridgehead atoms. The zero-order chi connectivity index (χ0) is 15.1. The quantitative estimate of drug-likeness (QED) is 0.777. The minimum absolute atomic E-state index is 0.0285. The number of carbonyl (C=O) groups is 1. The normalized spacial score (nSPS) is 11.9. The Morgan fingerprint density at radius 1 is 1.55 bits per heavy atom. The van der Waals surface area contributed by atoms with Crippen molar-refractivity contribution >= 4 is 17.3 Å². The van der Waals surface area contributed by atoms with Crippen molar-refractivity contribution < 1.29 is 4.79 Å². The van der Waals surface area contributed by atoms with Crippen LogP contribution in [0, 0.1) is 24.2 Å². The fraction of sp³-hybridized carbons (Fsp3) is 0.467. The van der Waals surface area contributed by atoms with Crippen LogP contribution in [-0.2, 0) is 4.79 Å². The maximum Gasteiger partial charge on any atom is 0.225 e. The van der Waals surface area contributed by atoms with Gasteiger partial charge >= 0.3 is 0 Å². The molecule has 5 nitrogen and oxygen atoms in total. The summed E-state index contributed by atoms with van der Waals surface area (Å²) in [5.74, 6) is -0.0746. The zero-order valence-corrected chi connectivity index (χ0v) is 12.3. The minimum atomic E-state index is -0.0461. The Labute approximate surface area is 120 Å². The van der Waals surface area contributed by atoms with Crippen molar-refractivity contribution in [3.05, 3.63) is 23.8 Å². The Bertz CT molecular complexity index is 507. The van der Waals surface area contributed by atoms with Crippen LogP contribution >= 0.6 is 0 Å². The fourth-order valence-corrected chi connectivity index (χ4v) is 1.89. The van der Waals surface area contributed by atoms with Crippen molar-refractivity contribution in [2.45, 2.75) is 20.3 Å². The molecule has 108 valence electrons. The first kappa shape index (κ1) is 16.0. The molecular formula is C15H22N4O. The third kappa shape index (κ3) is 4.90. The van der Waals surface area contributed by atoms with Gasteiger partial charge in [0.15, 0.2) is 0 Å². The largest absolute Gasteiger partial charge is 0.398 e. The average molecular weight is 274 g/mol. The van der Waals surface area contributed by atoms with E-state index in [1.807, 2.05) is 44.0 Å². The molecule has 0 radical (unpaired) electrons. The molecule has 5 heteroatoms. The number of nitrogens with one attached hydrogen (secondary N) is 1. The summed E-state index contributed by atoms with van der Waals surface area (Å²) in [7, 11) is 1.91. The Kier molecular flexibility index (Phi) is 6.01. The van der Waals surface area contributed by atoms with E-state index in [1.54, 1.807) is 0 Å². The van der Waals surface area contributed by atoms with Crippen LogP contribution in [0.15, 0.2) is 18.2 Å². The smallest absolute Gasteiger partial charge is 0.225 e. The molecule has 0 aliphatic carbocycles. The van der Waals surface area contributed by atoms with Crippen LogP contribution in [0.4, 0.5) is 11.4 Å². The Hall–Kier alpha value is -2.06. The predicted molar refractivity (Wildman–Crippen MR) is 81.1 cm³/mol. The molecule has 1 amide bonds. The highest BCUT2D eigenvalue weighted by Crippen LogP contribution is 2.20. The van der Waals surface area contributed by atoms with Crippen molar-refractivity contribution in [1.82, 2.24) is 4.90 Å². The molecule has 1 rings (SSSR count). The van der Waals surface area contributed by atoms with Crippen LogP contribution in [0.3, 0.4) is 0 Å². The molecule has 20 heavy (non-hydrogen) atoms. The molecule has 1 aromatic rings. The van der Waals surface area contributed by atoms with E-state index in [-0.39, 0.29) is 11.8 Å². The van der Waals surface area contributed by atoms with Crippen LogP contribution in [0.1, 0.15) is 18.9 Å². The second kappa shape index (κ2) is 7.51. The third-order valence-electron chi connectivity index (χ3n) is 3.18. The predicted octanol–water partition coefficient (Wildman–Crippen LogP) is 2.00. The van der Waals surface area contributed by atoms with Crippen molar-refractivity contribution in [3.8, 4) is 6.07 Å². The van der Waals surface area contributed by atoms with Gasteiger partial charge < -0.3 is 16.0 Å². The number of nitrogen functional groups attached to an aromatic ring is 1. The topological polar surface area (TPSA) is 82.2 Å². The second-order valence-electron chi connectivity index (χ2n) is 5.11. The van der Waals surface area contributed by atoms with Gasteiger partial charge in [-0.25, -0.2) is 0 Å². The van der Waals surface area contributed by atoms with Gasteiger partial charge in [-0.3, -0.25) is 4.79 Å². The van der Waals surface area contributed by atoms with Crippen LogP contribution in [0.2, 0.25) is 0 Å².